The molecule has 2 aromatic rings. The predicted octanol–water partition coefficient (Wildman–Crippen LogP) is 2.55. The van der Waals surface area contributed by atoms with E-state index in [0.717, 1.165) is 31.2 Å². The van der Waals surface area contributed by atoms with Gasteiger partial charge in [0.25, 0.3) is 5.91 Å². The highest BCUT2D eigenvalue weighted by Crippen LogP contribution is 2.20. The second kappa shape index (κ2) is 9.37. The van der Waals surface area contributed by atoms with E-state index in [1.165, 1.54) is 0 Å². The third-order valence-corrected chi connectivity index (χ3v) is 5.14. The van der Waals surface area contributed by atoms with E-state index in [0.29, 0.717) is 11.3 Å². The minimum absolute atomic E-state index is 0.0939. The van der Waals surface area contributed by atoms with Gasteiger partial charge in [-0.15, -0.1) is 0 Å². The second-order valence-electron chi connectivity index (χ2n) is 7.17. The zero-order valence-electron chi connectivity index (χ0n) is 16.1. The molecule has 1 saturated carbocycles. The molecule has 1 aliphatic carbocycles. The molecule has 0 heterocycles. The standard InChI is InChI=1S/C22H27N3O3/c1-28-19-13-7-16(8-14-19)21(26)25-20(15-5-3-2-4-6-15)22(27)24-18-11-9-17(23)10-12-18/h2-8,13-14,17-18,20H,9-12,23H2,1H3,(H,24,27)(H,25,26). The van der Waals surface area contributed by atoms with Gasteiger partial charge in [0.05, 0.1) is 7.11 Å². The van der Waals surface area contributed by atoms with Crippen LogP contribution < -0.4 is 21.1 Å². The Morgan fingerprint density at radius 3 is 2.25 bits per heavy atom. The number of rotatable bonds is 6. The van der Waals surface area contributed by atoms with Gasteiger partial charge < -0.3 is 21.1 Å². The van der Waals surface area contributed by atoms with Crippen LogP contribution in [0.15, 0.2) is 54.6 Å². The molecule has 1 aliphatic rings. The van der Waals surface area contributed by atoms with E-state index in [9.17, 15) is 9.59 Å². The number of hydrogen-bond acceptors (Lipinski definition) is 4. The average Bonchev–Trinajstić information content (AvgIpc) is 2.74. The Hall–Kier alpha value is -2.86. The second-order valence-corrected chi connectivity index (χ2v) is 7.17. The van der Waals surface area contributed by atoms with Crippen LogP contribution in [0, 0.1) is 0 Å². The Kier molecular flexibility index (Phi) is 6.66. The van der Waals surface area contributed by atoms with Crippen LogP contribution in [0.2, 0.25) is 0 Å². The fourth-order valence-corrected chi connectivity index (χ4v) is 3.45. The number of hydrogen-bond donors (Lipinski definition) is 3. The number of nitrogens with two attached hydrogens (primary N) is 1. The van der Waals surface area contributed by atoms with Crippen molar-refractivity contribution in [2.75, 3.05) is 7.11 Å². The van der Waals surface area contributed by atoms with Gasteiger partial charge in [0.2, 0.25) is 5.91 Å². The Morgan fingerprint density at radius 2 is 1.64 bits per heavy atom. The van der Waals surface area contributed by atoms with Gasteiger partial charge in [0, 0.05) is 17.6 Å². The first-order chi connectivity index (χ1) is 13.6. The summed E-state index contributed by atoms with van der Waals surface area (Å²) < 4.78 is 5.12. The van der Waals surface area contributed by atoms with E-state index < -0.39 is 6.04 Å². The van der Waals surface area contributed by atoms with E-state index in [1.54, 1.807) is 31.4 Å². The van der Waals surface area contributed by atoms with E-state index in [4.69, 9.17) is 10.5 Å². The molecule has 148 valence electrons. The Morgan fingerprint density at radius 1 is 1.00 bits per heavy atom. The lowest BCUT2D eigenvalue weighted by molar-refractivity contribution is -0.124. The lowest BCUT2D eigenvalue weighted by atomic mass is 9.91. The first-order valence-electron chi connectivity index (χ1n) is 9.62. The zero-order valence-corrected chi connectivity index (χ0v) is 16.1. The summed E-state index contributed by atoms with van der Waals surface area (Å²) in [7, 11) is 1.57. The Labute approximate surface area is 165 Å². The van der Waals surface area contributed by atoms with Gasteiger partial charge in [-0.3, -0.25) is 9.59 Å². The van der Waals surface area contributed by atoms with E-state index in [1.807, 2.05) is 30.3 Å². The summed E-state index contributed by atoms with van der Waals surface area (Å²) in [5.74, 6) is 0.162. The molecule has 0 spiro atoms. The van der Waals surface area contributed by atoms with Crippen molar-refractivity contribution in [2.45, 2.75) is 43.8 Å². The maximum absolute atomic E-state index is 13.0. The van der Waals surface area contributed by atoms with Crippen molar-refractivity contribution in [3.63, 3.8) is 0 Å². The van der Waals surface area contributed by atoms with Crippen molar-refractivity contribution in [3.05, 3.63) is 65.7 Å². The normalized spacial score (nSPS) is 20.1. The molecule has 0 saturated heterocycles. The minimum atomic E-state index is -0.758. The van der Waals surface area contributed by atoms with Crippen LogP contribution in [0.25, 0.3) is 0 Å². The quantitative estimate of drug-likeness (QED) is 0.717. The van der Waals surface area contributed by atoms with Crippen molar-refractivity contribution >= 4 is 11.8 Å². The maximum atomic E-state index is 13.0. The molecule has 1 atom stereocenters. The molecule has 1 fully saturated rings. The SMILES string of the molecule is COc1ccc(C(=O)NC(C(=O)NC2CCC(N)CC2)c2ccccc2)cc1. The highest BCUT2D eigenvalue weighted by atomic mass is 16.5. The summed E-state index contributed by atoms with van der Waals surface area (Å²) >= 11 is 0. The van der Waals surface area contributed by atoms with Crippen LogP contribution in [0.5, 0.6) is 5.75 Å². The minimum Gasteiger partial charge on any atom is -0.497 e. The van der Waals surface area contributed by atoms with E-state index in [-0.39, 0.29) is 23.9 Å². The predicted molar refractivity (Wildman–Crippen MR) is 108 cm³/mol. The van der Waals surface area contributed by atoms with Gasteiger partial charge in [-0.05, 0) is 55.5 Å². The number of carbonyl (C=O) groups excluding carboxylic acids is 2. The molecule has 1 unspecified atom stereocenters. The molecule has 0 aliphatic heterocycles. The van der Waals surface area contributed by atoms with Gasteiger partial charge in [-0.25, -0.2) is 0 Å². The van der Waals surface area contributed by atoms with Crippen molar-refractivity contribution in [1.29, 1.82) is 0 Å². The van der Waals surface area contributed by atoms with Crippen molar-refractivity contribution in [2.24, 2.45) is 5.73 Å². The zero-order chi connectivity index (χ0) is 19.9. The molecule has 0 radical (unpaired) electrons. The fourth-order valence-electron chi connectivity index (χ4n) is 3.45. The molecular formula is C22H27N3O3. The molecule has 4 N–H and O–H groups in total. The van der Waals surface area contributed by atoms with Gasteiger partial charge >= 0.3 is 0 Å². The van der Waals surface area contributed by atoms with E-state index in [2.05, 4.69) is 10.6 Å². The number of amides is 2. The van der Waals surface area contributed by atoms with Crippen LogP contribution >= 0.6 is 0 Å². The summed E-state index contributed by atoms with van der Waals surface area (Å²) in [6, 6.07) is 15.6. The van der Waals surface area contributed by atoms with Crippen molar-refractivity contribution in [1.82, 2.24) is 10.6 Å². The summed E-state index contributed by atoms with van der Waals surface area (Å²) in [5, 5.41) is 5.95. The lowest BCUT2D eigenvalue weighted by Crippen LogP contribution is -2.46. The first kappa shape index (κ1) is 19.9. The van der Waals surface area contributed by atoms with Crippen LogP contribution in [0.3, 0.4) is 0 Å². The molecule has 6 nitrogen and oxygen atoms in total. The van der Waals surface area contributed by atoms with Crippen molar-refractivity contribution < 1.29 is 14.3 Å². The smallest absolute Gasteiger partial charge is 0.252 e. The summed E-state index contributed by atoms with van der Waals surface area (Å²) in [5.41, 5.74) is 7.17. The van der Waals surface area contributed by atoms with E-state index >= 15 is 0 Å². The van der Waals surface area contributed by atoms with Gasteiger partial charge in [0.1, 0.15) is 11.8 Å². The third-order valence-electron chi connectivity index (χ3n) is 5.14. The summed E-state index contributed by atoms with van der Waals surface area (Å²) in [6.07, 6.45) is 3.53. The number of benzene rings is 2. The monoisotopic (exact) mass is 381 g/mol. The molecule has 2 aromatic carbocycles. The number of carbonyl (C=O) groups is 2. The fraction of sp³-hybridized carbons (Fsp3) is 0.364. The number of nitrogens with one attached hydrogen (secondary N) is 2. The molecule has 28 heavy (non-hydrogen) atoms. The Balaban J connectivity index is 1.73. The summed E-state index contributed by atoms with van der Waals surface area (Å²) in [4.78, 5) is 25.7. The molecule has 2 amide bonds. The average molecular weight is 381 g/mol. The molecule has 6 heteroatoms. The summed E-state index contributed by atoms with van der Waals surface area (Å²) in [6.45, 7) is 0. The molecular weight excluding hydrogens is 354 g/mol. The van der Waals surface area contributed by atoms with Gasteiger partial charge in [0.15, 0.2) is 0 Å². The van der Waals surface area contributed by atoms with Crippen LogP contribution in [0.4, 0.5) is 0 Å². The molecule has 0 aromatic heterocycles. The van der Waals surface area contributed by atoms with Crippen molar-refractivity contribution in [3.8, 4) is 5.75 Å². The molecule has 0 bridgehead atoms. The maximum Gasteiger partial charge on any atom is 0.252 e. The lowest BCUT2D eigenvalue weighted by Gasteiger charge is -2.29. The first-order valence-corrected chi connectivity index (χ1v) is 9.62. The highest BCUT2D eigenvalue weighted by Gasteiger charge is 2.27. The number of methoxy groups -OCH3 is 1. The molecule has 3 rings (SSSR count). The van der Waals surface area contributed by atoms with Crippen LogP contribution in [-0.2, 0) is 4.79 Å². The van der Waals surface area contributed by atoms with Gasteiger partial charge in [-0.2, -0.15) is 0 Å². The highest BCUT2D eigenvalue weighted by molar-refractivity contribution is 5.98. The van der Waals surface area contributed by atoms with Gasteiger partial charge in [-0.1, -0.05) is 30.3 Å². The van der Waals surface area contributed by atoms with Crippen LogP contribution in [-0.4, -0.2) is 31.0 Å². The largest absolute Gasteiger partial charge is 0.497 e. The third kappa shape index (κ3) is 5.10. The topological polar surface area (TPSA) is 93.4 Å². The number of ether oxygens (including phenoxy) is 1. The Bertz CT molecular complexity index is 784. The van der Waals surface area contributed by atoms with Crippen LogP contribution in [0.1, 0.15) is 47.6 Å².